The van der Waals surface area contributed by atoms with Gasteiger partial charge in [-0.25, -0.2) is 4.79 Å². The molecule has 124 valence electrons. The molecule has 7 heteroatoms. The number of ketones is 1. The Morgan fingerprint density at radius 2 is 1.92 bits per heavy atom. The predicted molar refractivity (Wildman–Crippen MR) is 86.0 cm³/mol. The third-order valence-electron chi connectivity index (χ3n) is 4.60. The van der Waals surface area contributed by atoms with Crippen LogP contribution in [-0.4, -0.2) is 27.5 Å². The number of Topliss-reactive ketones (excluding diaryl/α,β-unsaturated/α-hetero) is 1. The topological polar surface area (TPSA) is 110 Å². The van der Waals surface area contributed by atoms with Gasteiger partial charge in [0.15, 0.2) is 0 Å². The number of allylic oxidation sites excluding steroid dienone is 1. The van der Waals surface area contributed by atoms with Gasteiger partial charge in [0.05, 0.1) is 16.4 Å². The summed E-state index contributed by atoms with van der Waals surface area (Å²) < 4.78 is 0. The fourth-order valence-electron chi connectivity index (χ4n) is 3.56. The van der Waals surface area contributed by atoms with Crippen molar-refractivity contribution < 1.29 is 19.6 Å². The molecule has 1 aliphatic heterocycles. The molecule has 2 atom stereocenters. The van der Waals surface area contributed by atoms with Gasteiger partial charge in [0.2, 0.25) is 0 Å². The Hall–Kier alpha value is -2.83. The molecule has 0 bridgehead atoms. The summed E-state index contributed by atoms with van der Waals surface area (Å²) in [5.74, 6) is -2.37. The van der Waals surface area contributed by atoms with Crippen molar-refractivity contribution in [2.75, 3.05) is 0 Å². The van der Waals surface area contributed by atoms with E-state index in [9.17, 15) is 24.8 Å². The van der Waals surface area contributed by atoms with Gasteiger partial charge >= 0.3 is 5.97 Å². The molecule has 2 unspecified atom stereocenters. The first-order valence-electron chi connectivity index (χ1n) is 7.68. The fourth-order valence-corrected chi connectivity index (χ4v) is 3.56. The van der Waals surface area contributed by atoms with Crippen LogP contribution in [0.5, 0.6) is 0 Å². The van der Waals surface area contributed by atoms with Crippen LogP contribution in [0.3, 0.4) is 0 Å². The number of carboxylic acids is 1. The quantitative estimate of drug-likeness (QED) is 0.677. The molecule has 0 radical (unpaired) electrons. The molecule has 7 nitrogen and oxygen atoms in total. The summed E-state index contributed by atoms with van der Waals surface area (Å²) in [6.45, 7) is 1.63. The smallest absolute Gasteiger partial charge is 0.334 e. The number of benzene rings is 1. The lowest BCUT2D eigenvalue weighted by atomic mass is 9.69. The number of carbonyl (C=O) groups excluding carboxylic acids is 1. The van der Waals surface area contributed by atoms with Crippen molar-refractivity contribution in [1.29, 1.82) is 0 Å². The number of aliphatic imine (C=N–C) groups is 1. The minimum absolute atomic E-state index is 0.0189. The molecule has 0 amide bonds. The summed E-state index contributed by atoms with van der Waals surface area (Å²) in [6.07, 6.45) is 1.79. The van der Waals surface area contributed by atoms with Crippen LogP contribution in [0.15, 0.2) is 40.5 Å². The largest absolute Gasteiger partial charge is 0.478 e. The van der Waals surface area contributed by atoms with E-state index in [1.807, 2.05) is 0 Å². The van der Waals surface area contributed by atoms with E-state index in [4.69, 9.17) is 0 Å². The molecule has 24 heavy (non-hydrogen) atoms. The number of fused-ring (bicyclic) bond motifs is 1. The summed E-state index contributed by atoms with van der Waals surface area (Å²) in [6, 6.07) is 5.74. The minimum atomic E-state index is -1.11. The molecule has 1 fully saturated rings. The molecule has 3 rings (SSSR count). The van der Waals surface area contributed by atoms with Gasteiger partial charge in [-0.3, -0.25) is 19.9 Å². The summed E-state index contributed by atoms with van der Waals surface area (Å²) >= 11 is 0. The number of non-ortho nitro benzene ring substituents is 1. The van der Waals surface area contributed by atoms with Gasteiger partial charge in [0.1, 0.15) is 5.78 Å². The van der Waals surface area contributed by atoms with Gasteiger partial charge in [0.25, 0.3) is 5.69 Å². The Balaban J connectivity index is 2.13. The lowest BCUT2D eigenvalue weighted by Crippen LogP contribution is -2.38. The molecule has 1 N–H and O–H groups in total. The van der Waals surface area contributed by atoms with Crippen molar-refractivity contribution in [2.45, 2.75) is 32.1 Å². The van der Waals surface area contributed by atoms with Gasteiger partial charge in [-0.05, 0) is 25.3 Å². The Morgan fingerprint density at radius 3 is 2.50 bits per heavy atom. The maximum atomic E-state index is 12.5. The van der Waals surface area contributed by atoms with E-state index in [0.29, 0.717) is 24.1 Å². The normalized spacial score (nSPS) is 23.5. The van der Waals surface area contributed by atoms with Crippen molar-refractivity contribution in [1.82, 2.24) is 0 Å². The summed E-state index contributed by atoms with van der Waals surface area (Å²) in [7, 11) is 0. The fraction of sp³-hybridized carbons (Fsp3) is 0.353. The van der Waals surface area contributed by atoms with Crippen LogP contribution in [0, 0.1) is 16.0 Å². The Morgan fingerprint density at radius 1 is 1.25 bits per heavy atom. The van der Waals surface area contributed by atoms with Crippen LogP contribution in [0.25, 0.3) is 0 Å². The van der Waals surface area contributed by atoms with E-state index in [-0.39, 0.29) is 17.0 Å². The number of carbonyl (C=O) groups is 2. The van der Waals surface area contributed by atoms with E-state index in [0.717, 1.165) is 12.1 Å². The first-order valence-corrected chi connectivity index (χ1v) is 7.68. The van der Waals surface area contributed by atoms with Crippen molar-refractivity contribution in [3.05, 3.63) is 51.2 Å². The second kappa shape index (κ2) is 5.99. The third-order valence-corrected chi connectivity index (χ3v) is 4.60. The van der Waals surface area contributed by atoms with Crippen LogP contribution in [0.2, 0.25) is 0 Å². The molecule has 0 spiro atoms. The molecule has 2 aliphatic rings. The van der Waals surface area contributed by atoms with Gasteiger partial charge in [0, 0.05) is 35.9 Å². The van der Waals surface area contributed by atoms with E-state index in [1.165, 1.54) is 24.3 Å². The van der Waals surface area contributed by atoms with Crippen LogP contribution in [-0.2, 0) is 9.59 Å². The maximum absolute atomic E-state index is 12.5. The van der Waals surface area contributed by atoms with Crippen LogP contribution >= 0.6 is 0 Å². The van der Waals surface area contributed by atoms with E-state index < -0.39 is 22.7 Å². The first kappa shape index (κ1) is 16.0. The second-order valence-corrected chi connectivity index (χ2v) is 6.03. The van der Waals surface area contributed by atoms with E-state index >= 15 is 0 Å². The lowest BCUT2D eigenvalue weighted by Gasteiger charge is -2.35. The van der Waals surface area contributed by atoms with Crippen LogP contribution in [0.4, 0.5) is 5.69 Å². The maximum Gasteiger partial charge on any atom is 0.334 e. The zero-order valence-electron chi connectivity index (χ0n) is 13.1. The molecule has 1 saturated carbocycles. The van der Waals surface area contributed by atoms with Gasteiger partial charge < -0.3 is 5.11 Å². The Kier molecular flexibility index (Phi) is 4.01. The number of carboxylic acid groups (broad SMARTS) is 1. The van der Waals surface area contributed by atoms with Crippen molar-refractivity contribution in [3.63, 3.8) is 0 Å². The number of nitrogens with zero attached hydrogens (tertiary/aromatic N) is 2. The van der Waals surface area contributed by atoms with Crippen LogP contribution < -0.4 is 0 Å². The number of nitro groups is 1. The highest BCUT2D eigenvalue weighted by Crippen LogP contribution is 2.42. The average Bonchev–Trinajstić information content (AvgIpc) is 2.53. The molecule has 1 aromatic carbocycles. The van der Waals surface area contributed by atoms with Gasteiger partial charge in [-0.15, -0.1) is 0 Å². The van der Waals surface area contributed by atoms with Gasteiger partial charge in [-0.2, -0.15) is 0 Å². The summed E-state index contributed by atoms with van der Waals surface area (Å²) in [5, 5.41) is 20.4. The molecular weight excluding hydrogens is 312 g/mol. The minimum Gasteiger partial charge on any atom is -0.478 e. The number of hydrogen-bond donors (Lipinski definition) is 1. The van der Waals surface area contributed by atoms with Gasteiger partial charge in [-0.1, -0.05) is 12.1 Å². The molecule has 0 aromatic heterocycles. The lowest BCUT2D eigenvalue weighted by molar-refractivity contribution is -0.384. The number of hydrogen-bond acceptors (Lipinski definition) is 5. The van der Waals surface area contributed by atoms with Crippen molar-refractivity contribution in [2.24, 2.45) is 10.9 Å². The summed E-state index contributed by atoms with van der Waals surface area (Å²) in [4.78, 5) is 38.9. The van der Waals surface area contributed by atoms with Crippen molar-refractivity contribution in [3.8, 4) is 0 Å². The second-order valence-electron chi connectivity index (χ2n) is 6.03. The first-order chi connectivity index (χ1) is 11.4. The molecule has 0 saturated heterocycles. The molecular formula is C17H16N2O5. The standard InChI is InChI=1S/C17H16N2O5/c1-9-14(17(21)22)15(10-5-7-11(8-6-10)19(23)24)16-12(18-9)3-2-4-13(16)20/h5-8,15-16H,2-4H2,1H3,(H,21,22). The van der Waals surface area contributed by atoms with E-state index in [2.05, 4.69) is 4.99 Å². The highest BCUT2D eigenvalue weighted by atomic mass is 16.6. The summed E-state index contributed by atoms with van der Waals surface area (Å²) in [5.41, 5.74) is 1.72. The average molecular weight is 328 g/mol. The number of rotatable bonds is 3. The number of aliphatic carboxylic acids is 1. The zero-order valence-corrected chi connectivity index (χ0v) is 13.1. The van der Waals surface area contributed by atoms with Crippen molar-refractivity contribution >= 4 is 23.2 Å². The van der Waals surface area contributed by atoms with Crippen LogP contribution in [0.1, 0.15) is 37.7 Å². The Bertz CT molecular complexity index is 792. The third kappa shape index (κ3) is 2.62. The molecule has 1 aliphatic carbocycles. The number of nitro benzene ring substituents is 1. The predicted octanol–water partition coefficient (Wildman–Crippen LogP) is 2.86. The van der Waals surface area contributed by atoms with E-state index in [1.54, 1.807) is 6.92 Å². The Labute approximate surface area is 137 Å². The highest BCUT2D eigenvalue weighted by molar-refractivity contribution is 6.11. The highest BCUT2D eigenvalue weighted by Gasteiger charge is 2.43. The molecule has 1 heterocycles. The molecule has 1 aromatic rings. The zero-order chi connectivity index (χ0) is 17.4. The monoisotopic (exact) mass is 328 g/mol. The SMILES string of the molecule is CC1=C(C(=O)O)C(c2ccc([N+](=O)[O-])cc2)C2C(=O)CCCC2=N1.